The third kappa shape index (κ3) is 3.51. The molecule has 8 heteroatoms. The molecule has 25 heavy (non-hydrogen) atoms. The number of rotatable bonds is 2. The number of hydrogen-bond acceptors (Lipinski definition) is 4. The second-order valence-corrected chi connectivity index (χ2v) is 8.59. The minimum Gasteiger partial charge on any atom is -0.372 e. The van der Waals surface area contributed by atoms with Gasteiger partial charge < -0.3 is 14.5 Å². The maximum Gasteiger partial charge on any atom is 0.321 e. The summed E-state index contributed by atoms with van der Waals surface area (Å²) in [6.07, 6.45) is -0.546. The fourth-order valence-corrected chi connectivity index (χ4v) is 5.16. The van der Waals surface area contributed by atoms with E-state index in [9.17, 15) is 13.2 Å². The SMILES string of the molecule is CC1CN(C(=O)N2CCN(S(=O)(=O)c3ccccc3)C2C)CC(C)O1. The van der Waals surface area contributed by atoms with Crippen molar-refractivity contribution in [3.05, 3.63) is 30.3 Å². The highest BCUT2D eigenvalue weighted by Gasteiger charge is 2.41. The minimum atomic E-state index is -3.61. The van der Waals surface area contributed by atoms with Gasteiger partial charge in [0, 0.05) is 26.2 Å². The second kappa shape index (κ2) is 6.93. The van der Waals surface area contributed by atoms with Crippen LogP contribution in [0.1, 0.15) is 20.8 Å². The number of ether oxygens (including phenoxy) is 1. The molecule has 2 fully saturated rings. The van der Waals surface area contributed by atoms with Crippen LogP contribution in [0, 0.1) is 0 Å². The molecule has 138 valence electrons. The number of carbonyl (C=O) groups is 1. The topological polar surface area (TPSA) is 70.2 Å². The molecule has 3 atom stereocenters. The third-order valence-electron chi connectivity index (χ3n) is 4.71. The summed E-state index contributed by atoms with van der Waals surface area (Å²) in [5, 5.41) is 0. The summed E-state index contributed by atoms with van der Waals surface area (Å²) in [5.41, 5.74) is 0. The molecule has 7 nitrogen and oxygen atoms in total. The predicted octanol–water partition coefficient (Wildman–Crippen LogP) is 1.57. The normalized spacial score (nSPS) is 28.4. The van der Waals surface area contributed by atoms with E-state index < -0.39 is 16.2 Å². The van der Waals surface area contributed by atoms with E-state index in [4.69, 9.17) is 4.74 Å². The Morgan fingerprint density at radius 3 is 2.24 bits per heavy atom. The highest BCUT2D eigenvalue weighted by atomic mass is 32.2. The van der Waals surface area contributed by atoms with Crippen LogP contribution in [0.15, 0.2) is 35.2 Å². The molecule has 0 spiro atoms. The lowest BCUT2D eigenvalue weighted by Crippen LogP contribution is -2.54. The van der Waals surface area contributed by atoms with E-state index in [1.54, 1.807) is 47.1 Å². The average Bonchev–Trinajstić information content (AvgIpc) is 2.96. The standard InChI is InChI=1S/C17H25N3O4S/c1-13-11-18(12-14(2)24-13)17(21)19-9-10-20(15(19)3)25(22,23)16-7-5-4-6-8-16/h4-8,13-15H,9-12H2,1-3H3. The molecule has 2 saturated heterocycles. The van der Waals surface area contributed by atoms with E-state index in [1.165, 1.54) is 4.31 Å². The summed E-state index contributed by atoms with van der Waals surface area (Å²) < 4.78 is 32.8. The smallest absolute Gasteiger partial charge is 0.321 e. The van der Waals surface area contributed by atoms with Crippen molar-refractivity contribution in [3.8, 4) is 0 Å². The van der Waals surface area contributed by atoms with Crippen LogP contribution < -0.4 is 0 Å². The number of morpholine rings is 1. The Balaban J connectivity index is 1.75. The summed E-state index contributed by atoms with van der Waals surface area (Å²) in [4.78, 5) is 16.5. The lowest BCUT2D eigenvalue weighted by Gasteiger charge is -2.38. The van der Waals surface area contributed by atoms with Gasteiger partial charge in [-0.3, -0.25) is 0 Å². The molecule has 0 N–H and O–H groups in total. The number of benzene rings is 1. The number of carbonyl (C=O) groups excluding carboxylic acids is 1. The van der Waals surface area contributed by atoms with E-state index in [2.05, 4.69) is 0 Å². The Hall–Kier alpha value is -1.64. The molecule has 1 aromatic rings. The van der Waals surface area contributed by atoms with Crippen LogP contribution in [0.4, 0.5) is 4.79 Å². The van der Waals surface area contributed by atoms with Crippen LogP contribution in [0.3, 0.4) is 0 Å². The van der Waals surface area contributed by atoms with Crippen LogP contribution >= 0.6 is 0 Å². The highest BCUT2D eigenvalue weighted by molar-refractivity contribution is 7.89. The van der Waals surface area contributed by atoms with E-state index in [0.29, 0.717) is 26.2 Å². The number of hydrogen-bond donors (Lipinski definition) is 0. The minimum absolute atomic E-state index is 0.0187. The zero-order valence-corrected chi connectivity index (χ0v) is 15.6. The number of urea groups is 1. The monoisotopic (exact) mass is 367 g/mol. The average molecular weight is 367 g/mol. The Bertz CT molecular complexity index is 715. The molecule has 3 rings (SSSR count). The van der Waals surface area contributed by atoms with E-state index in [1.807, 2.05) is 13.8 Å². The van der Waals surface area contributed by atoms with Gasteiger partial charge in [-0.25, -0.2) is 13.2 Å². The van der Waals surface area contributed by atoms with Crippen molar-refractivity contribution < 1.29 is 17.9 Å². The first-order valence-electron chi connectivity index (χ1n) is 8.58. The Labute approximate surface area is 149 Å². The Morgan fingerprint density at radius 2 is 1.64 bits per heavy atom. The Morgan fingerprint density at radius 1 is 1.04 bits per heavy atom. The maximum atomic E-state index is 12.9. The fourth-order valence-electron chi connectivity index (χ4n) is 3.56. The molecule has 2 aliphatic heterocycles. The Kier molecular flexibility index (Phi) is 5.04. The van der Waals surface area contributed by atoms with Crippen molar-refractivity contribution in [2.45, 2.75) is 44.0 Å². The molecule has 0 bridgehead atoms. The summed E-state index contributed by atoms with van der Waals surface area (Å²) in [6, 6.07) is 8.22. The first-order chi connectivity index (χ1) is 11.8. The number of sulfonamides is 1. The lowest BCUT2D eigenvalue weighted by atomic mass is 10.2. The molecule has 1 aromatic carbocycles. The zero-order chi connectivity index (χ0) is 18.2. The highest BCUT2D eigenvalue weighted by Crippen LogP contribution is 2.25. The summed E-state index contributed by atoms with van der Waals surface area (Å²) in [7, 11) is -3.61. The maximum absolute atomic E-state index is 12.9. The van der Waals surface area contributed by atoms with Gasteiger partial charge in [0.25, 0.3) is 0 Å². The van der Waals surface area contributed by atoms with Crippen molar-refractivity contribution in [1.29, 1.82) is 0 Å². The van der Waals surface area contributed by atoms with Crippen molar-refractivity contribution in [2.75, 3.05) is 26.2 Å². The molecule has 0 aromatic heterocycles. The van der Waals surface area contributed by atoms with E-state index >= 15 is 0 Å². The lowest BCUT2D eigenvalue weighted by molar-refractivity contribution is -0.0588. The van der Waals surface area contributed by atoms with Crippen molar-refractivity contribution in [2.24, 2.45) is 0 Å². The molecule has 2 heterocycles. The van der Waals surface area contributed by atoms with Crippen LogP contribution in [0.2, 0.25) is 0 Å². The van der Waals surface area contributed by atoms with Gasteiger partial charge >= 0.3 is 6.03 Å². The second-order valence-electron chi connectivity index (χ2n) is 6.70. The molecule has 0 radical (unpaired) electrons. The van der Waals surface area contributed by atoms with Gasteiger partial charge in [-0.05, 0) is 32.9 Å². The summed E-state index contributed by atoms with van der Waals surface area (Å²) in [5.74, 6) is 0. The van der Waals surface area contributed by atoms with Crippen molar-refractivity contribution in [1.82, 2.24) is 14.1 Å². The van der Waals surface area contributed by atoms with Gasteiger partial charge in [0.1, 0.15) is 0 Å². The van der Waals surface area contributed by atoms with Crippen LogP contribution in [-0.2, 0) is 14.8 Å². The van der Waals surface area contributed by atoms with Gasteiger partial charge in [-0.2, -0.15) is 4.31 Å². The third-order valence-corrected chi connectivity index (χ3v) is 6.69. The van der Waals surface area contributed by atoms with E-state index in [-0.39, 0.29) is 23.1 Å². The summed E-state index contributed by atoms with van der Waals surface area (Å²) in [6.45, 7) is 7.39. The van der Waals surface area contributed by atoms with Gasteiger partial charge in [0.2, 0.25) is 10.0 Å². The largest absolute Gasteiger partial charge is 0.372 e. The first-order valence-corrected chi connectivity index (χ1v) is 10.0. The molecular formula is C17H25N3O4S. The van der Waals surface area contributed by atoms with Crippen molar-refractivity contribution >= 4 is 16.1 Å². The molecule has 2 amide bonds. The quantitative estimate of drug-likeness (QED) is 0.796. The van der Waals surface area contributed by atoms with Crippen molar-refractivity contribution in [3.63, 3.8) is 0 Å². The summed E-state index contributed by atoms with van der Waals surface area (Å²) >= 11 is 0. The van der Waals surface area contributed by atoms with Gasteiger partial charge in [0.15, 0.2) is 0 Å². The van der Waals surface area contributed by atoms with Crippen LogP contribution in [0.5, 0.6) is 0 Å². The molecule has 3 unspecified atom stereocenters. The molecule has 0 saturated carbocycles. The number of nitrogens with zero attached hydrogens (tertiary/aromatic N) is 3. The first kappa shape index (κ1) is 18.2. The van der Waals surface area contributed by atoms with Gasteiger partial charge in [-0.1, -0.05) is 18.2 Å². The van der Waals surface area contributed by atoms with Gasteiger partial charge in [-0.15, -0.1) is 0 Å². The van der Waals surface area contributed by atoms with Gasteiger partial charge in [0.05, 0.1) is 23.3 Å². The molecular weight excluding hydrogens is 342 g/mol. The molecule has 0 aliphatic carbocycles. The number of amides is 2. The van der Waals surface area contributed by atoms with Crippen LogP contribution in [0.25, 0.3) is 0 Å². The zero-order valence-electron chi connectivity index (χ0n) is 14.8. The molecule has 2 aliphatic rings. The predicted molar refractivity (Wildman–Crippen MR) is 93.5 cm³/mol. The fraction of sp³-hybridized carbons (Fsp3) is 0.588. The van der Waals surface area contributed by atoms with E-state index in [0.717, 1.165) is 0 Å². The van der Waals surface area contributed by atoms with Crippen LogP contribution in [-0.4, -0.2) is 73.1 Å².